The van der Waals surface area contributed by atoms with Gasteiger partial charge in [0, 0.05) is 16.8 Å². The average molecular weight is 866 g/mol. The van der Waals surface area contributed by atoms with Crippen molar-refractivity contribution in [3.8, 4) is 44.5 Å². The van der Waals surface area contributed by atoms with Crippen LogP contribution in [-0.4, -0.2) is 0 Å². The van der Waals surface area contributed by atoms with Gasteiger partial charge in [0.15, 0.2) is 0 Å². The summed E-state index contributed by atoms with van der Waals surface area (Å²) in [6.07, 6.45) is 8.66. The lowest BCUT2D eigenvalue weighted by Gasteiger charge is -2.57. The average Bonchev–Trinajstić information content (AvgIpc) is 3.89. The third kappa shape index (κ3) is 5.49. The molecule has 328 valence electrons. The first kappa shape index (κ1) is 39.7. The Morgan fingerprint density at radius 2 is 0.910 bits per heavy atom. The van der Waals surface area contributed by atoms with Crippen LogP contribution in [0.4, 0.5) is 17.1 Å². The molecule has 1 spiro atoms. The minimum Gasteiger partial charge on any atom is -0.310 e. The van der Waals surface area contributed by atoms with Crippen LogP contribution in [0.5, 0.6) is 0 Å². The number of benzene rings is 8. The van der Waals surface area contributed by atoms with E-state index in [1.54, 1.807) is 5.56 Å². The molecule has 1 unspecified atom stereocenters. The van der Waals surface area contributed by atoms with Gasteiger partial charge >= 0.3 is 0 Å². The van der Waals surface area contributed by atoms with Crippen molar-refractivity contribution in [3.63, 3.8) is 0 Å². The molecule has 67 heavy (non-hydrogen) atoms. The van der Waals surface area contributed by atoms with Crippen molar-refractivity contribution in [2.45, 2.75) is 94.8 Å². The molecule has 1 heteroatoms. The van der Waals surface area contributed by atoms with Crippen LogP contribution in [0.3, 0.4) is 0 Å². The van der Waals surface area contributed by atoms with Crippen LogP contribution in [0.1, 0.15) is 118 Å². The molecule has 4 fully saturated rings. The first-order chi connectivity index (χ1) is 32.5. The van der Waals surface area contributed by atoms with Gasteiger partial charge in [-0.25, -0.2) is 0 Å². The molecule has 7 aliphatic rings. The van der Waals surface area contributed by atoms with E-state index in [1.165, 1.54) is 139 Å². The van der Waals surface area contributed by atoms with Crippen molar-refractivity contribution in [1.82, 2.24) is 0 Å². The second kappa shape index (κ2) is 13.8. The van der Waals surface area contributed by atoms with Crippen LogP contribution in [0, 0.1) is 17.8 Å². The summed E-state index contributed by atoms with van der Waals surface area (Å²) in [5.74, 6) is 2.85. The molecule has 15 rings (SSSR count). The lowest BCUT2D eigenvalue weighted by Crippen LogP contribution is -2.48. The molecule has 7 aliphatic carbocycles. The lowest BCUT2D eigenvalue weighted by molar-refractivity contribution is -0.00518. The van der Waals surface area contributed by atoms with Crippen LogP contribution >= 0.6 is 0 Å². The quantitative estimate of drug-likeness (QED) is 0.167. The van der Waals surface area contributed by atoms with E-state index < -0.39 is 5.41 Å². The van der Waals surface area contributed by atoms with E-state index in [2.05, 4.69) is 215 Å². The molecule has 4 saturated carbocycles. The maximum absolute atomic E-state index is 2.58. The van der Waals surface area contributed by atoms with Crippen LogP contribution in [0.25, 0.3) is 44.5 Å². The zero-order valence-corrected chi connectivity index (χ0v) is 39.7. The molecule has 1 nitrogen and oxygen atoms in total. The predicted octanol–water partition coefficient (Wildman–Crippen LogP) is 17.2. The molecule has 0 heterocycles. The summed E-state index contributed by atoms with van der Waals surface area (Å²) in [6, 6.07) is 68.5. The number of hydrogen-bond donors (Lipinski definition) is 0. The fourth-order valence-corrected chi connectivity index (χ4v) is 15.4. The summed E-state index contributed by atoms with van der Waals surface area (Å²) >= 11 is 0. The maximum Gasteiger partial charge on any atom is 0.0726 e. The van der Waals surface area contributed by atoms with Gasteiger partial charge in [0.2, 0.25) is 0 Å². The zero-order chi connectivity index (χ0) is 45.0. The molecule has 0 N–H and O–H groups in total. The van der Waals surface area contributed by atoms with Crippen LogP contribution in [0.2, 0.25) is 0 Å². The second-order valence-corrected chi connectivity index (χ2v) is 23.1. The van der Waals surface area contributed by atoms with Crippen LogP contribution in [-0.2, 0) is 21.7 Å². The molecular weight excluding hydrogens is 807 g/mol. The highest BCUT2D eigenvalue weighted by molar-refractivity contribution is 5.97. The van der Waals surface area contributed by atoms with Gasteiger partial charge in [-0.1, -0.05) is 180 Å². The summed E-state index contributed by atoms with van der Waals surface area (Å²) in [7, 11) is 0. The van der Waals surface area contributed by atoms with E-state index in [1.807, 2.05) is 0 Å². The molecule has 0 aliphatic heterocycles. The van der Waals surface area contributed by atoms with Gasteiger partial charge in [0.05, 0.1) is 11.1 Å². The lowest BCUT2D eigenvalue weighted by atomic mass is 9.48. The summed E-state index contributed by atoms with van der Waals surface area (Å²) < 4.78 is 0. The Morgan fingerprint density at radius 3 is 1.51 bits per heavy atom. The van der Waals surface area contributed by atoms with Crippen LogP contribution < -0.4 is 4.90 Å². The molecule has 8 aromatic rings. The van der Waals surface area contributed by atoms with E-state index in [9.17, 15) is 0 Å². The summed E-state index contributed by atoms with van der Waals surface area (Å²) in [4.78, 5) is 2.58. The minimum atomic E-state index is -0.457. The van der Waals surface area contributed by atoms with Crippen molar-refractivity contribution in [2.75, 3.05) is 4.90 Å². The van der Waals surface area contributed by atoms with Gasteiger partial charge in [-0.15, -0.1) is 0 Å². The summed E-state index contributed by atoms with van der Waals surface area (Å²) in [5.41, 5.74) is 25.2. The molecule has 0 amide bonds. The van der Waals surface area contributed by atoms with Crippen molar-refractivity contribution < 1.29 is 0 Å². The first-order valence-corrected chi connectivity index (χ1v) is 25.3. The van der Waals surface area contributed by atoms with Crippen molar-refractivity contribution in [1.29, 1.82) is 0 Å². The Morgan fingerprint density at radius 1 is 0.433 bits per heavy atom. The van der Waals surface area contributed by atoms with Crippen molar-refractivity contribution in [2.24, 2.45) is 17.8 Å². The Bertz CT molecular complexity index is 3290. The predicted molar refractivity (Wildman–Crippen MR) is 279 cm³/mol. The van der Waals surface area contributed by atoms with Gasteiger partial charge in [-0.2, -0.15) is 0 Å². The first-order valence-electron chi connectivity index (χ1n) is 25.3. The Hall–Kier alpha value is -6.44. The molecule has 4 bridgehead atoms. The second-order valence-electron chi connectivity index (χ2n) is 23.1. The van der Waals surface area contributed by atoms with E-state index in [0.29, 0.717) is 5.41 Å². The third-order valence-electron chi connectivity index (χ3n) is 18.0. The van der Waals surface area contributed by atoms with E-state index in [0.717, 1.165) is 17.8 Å². The molecule has 0 saturated heterocycles. The zero-order valence-electron chi connectivity index (χ0n) is 39.7. The SMILES string of the molecule is CC(C)(C)c1ccc2c(c1)C1(c3ccccc3-c3ccc(N(c4ccc(-c5ccc(C67CC8CC(CC(C8)C6)C7)cc5)cc4)c4cccc5c4C(C)(C)c4ccccc4-5)cc31)c1ccccc1-2. The summed E-state index contributed by atoms with van der Waals surface area (Å²) in [5, 5.41) is 0. The van der Waals surface area contributed by atoms with E-state index in [-0.39, 0.29) is 10.8 Å². The fourth-order valence-electron chi connectivity index (χ4n) is 15.4. The van der Waals surface area contributed by atoms with Gasteiger partial charge in [0.1, 0.15) is 0 Å². The number of rotatable bonds is 5. The van der Waals surface area contributed by atoms with E-state index >= 15 is 0 Å². The Balaban J connectivity index is 0.945. The monoisotopic (exact) mass is 865 g/mol. The van der Waals surface area contributed by atoms with Crippen LogP contribution in [0.15, 0.2) is 176 Å². The van der Waals surface area contributed by atoms with Crippen molar-refractivity contribution >= 4 is 17.1 Å². The molecule has 8 aromatic carbocycles. The van der Waals surface area contributed by atoms with Gasteiger partial charge in [-0.05, 0) is 186 Å². The standard InChI is InChI=1S/C66H59N/c1-63(2,3)47-27-31-53-50-13-7-10-18-57(50)66(59(53)36-47)58-19-11-8-14-51(58)54-32-30-49(37-60(54)66)67(61-20-12-16-55-52-15-6-9-17-56(52)64(4,5)62(55)61)48-28-23-45(24-29-48)44-21-25-46(26-22-44)65-38-41-33-42(39-65)35-43(34-41)40-65/h6-32,36-37,41-43H,33-35,38-40H2,1-5H3. The van der Waals surface area contributed by atoms with Gasteiger partial charge < -0.3 is 4.90 Å². The van der Waals surface area contributed by atoms with Gasteiger partial charge in [0.25, 0.3) is 0 Å². The maximum atomic E-state index is 2.58. The van der Waals surface area contributed by atoms with E-state index in [4.69, 9.17) is 0 Å². The number of fused-ring (bicyclic) bond motifs is 13. The number of anilines is 3. The van der Waals surface area contributed by atoms with Gasteiger partial charge in [-0.3, -0.25) is 0 Å². The number of hydrogen-bond acceptors (Lipinski definition) is 1. The topological polar surface area (TPSA) is 3.24 Å². The highest BCUT2D eigenvalue weighted by Crippen LogP contribution is 2.65. The fraction of sp³-hybridized carbons (Fsp3) is 0.273. The molecule has 0 aromatic heterocycles. The molecular formula is C66H59N. The smallest absolute Gasteiger partial charge is 0.0726 e. The highest BCUT2D eigenvalue weighted by atomic mass is 15.1. The minimum absolute atomic E-state index is 0.00526. The highest BCUT2D eigenvalue weighted by Gasteiger charge is 2.53. The number of nitrogens with zero attached hydrogens (tertiary/aromatic N) is 1. The Labute approximate surface area is 397 Å². The Kier molecular flexibility index (Phi) is 8.19. The summed E-state index contributed by atoms with van der Waals surface area (Å²) in [6.45, 7) is 11.9. The largest absolute Gasteiger partial charge is 0.310 e. The van der Waals surface area contributed by atoms with Crippen molar-refractivity contribution in [3.05, 3.63) is 220 Å². The molecule has 0 radical (unpaired) electrons. The molecule has 1 atom stereocenters. The normalized spacial score (nSPS) is 23.9. The third-order valence-corrected chi connectivity index (χ3v) is 18.0.